The molecule has 0 saturated heterocycles. The van der Waals surface area contributed by atoms with Gasteiger partial charge >= 0.3 is 0 Å². The molecular formula is C22H29N5O6S2. The number of rotatable bonds is 10. The van der Waals surface area contributed by atoms with Crippen LogP contribution in [0.1, 0.15) is 11.1 Å². The third-order valence-corrected chi connectivity index (χ3v) is 6.36. The van der Waals surface area contributed by atoms with Crippen molar-refractivity contribution in [3.63, 3.8) is 0 Å². The van der Waals surface area contributed by atoms with E-state index in [2.05, 4.69) is 15.6 Å². The Morgan fingerprint density at radius 3 is 2.40 bits per heavy atom. The highest BCUT2D eigenvalue weighted by Crippen LogP contribution is 2.27. The van der Waals surface area contributed by atoms with Crippen LogP contribution in [0.4, 0.5) is 5.69 Å². The second kappa shape index (κ2) is 12.4. The number of hydrogen-bond donors (Lipinski definition) is 4. The van der Waals surface area contributed by atoms with Crippen molar-refractivity contribution in [2.45, 2.75) is 24.3 Å². The quantitative estimate of drug-likeness (QED) is 0.263. The Hall–Kier alpha value is -3.29. The van der Waals surface area contributed by atoms with Gasteiger partial charge in [0.1, 0.15) is 6.04 Å². The number of guanidine groups is 1. The standard InChI is InChI=1S/C22H29N5O6S2/c1-13-5-7-15(35(24,30)31)11-16(13)25-21(29)17(12-34-4)26-22(23)27-20(28)10-14-6-8-18(32-2)19(9-14)33-3/h5-9,11,17H,10,12H2,1-4H3,(H,25,29)(H2,24,30,31)(H3,23,26,27,28)/t17-/m1/s1. The van der Waals surface area contributed by atoms with Crippen molar-refractivity contribution in [1.82, 2.24) is 5.32 Å². The summed E-state index contributed by atoms with van der Waals surface area (Å²) < 4.78 is 33.7. The van der Waals surface area contributed by atoms with Crippen molar-refractivity contribution in [2.24, 2.45) is 15.9 Å². The molecule has 0 aliphatic carbocycles. The van der Waals surface area contributed by atoms with Crippen LogP contribution >= 0.6 is 11.8 Å². The first-order chi connectivity index (χ1) is 16.5. The number of aliphatic imine (C=N–C) groups is 1. The molecule has 0 aliphatic rings. The fourth-order valence-electron chi connectivity index (χ4n) is 3.02. The molecule has 2 aromatic carbocycles. The molecule has 13 heteroatoms. The van der Waals surface area contributed by atoms with Gasteiger partial charge in [-0.3, -0.25) is 14.9 Å². The molecule has 0 aliphatic heterocycles. The van der Waals surface area contributed by atoms with E-state index >= 15 is 0 Å². The topological polar surface area (TPSA) is 175 Å². The molecule has 0 radical (unpaired) electrons. The molecule has 1 atom stereocenters. The van der Waals surface area contributed by atoms with Gasteiger partial charge in [-0.25, -0.2) is 18.5 Å². The predicted octanol–water partition coefficient (Wildman–Crippen LogP) is 1.00. The second-order valence-electron chi connectivity index (χ2n) is 7.41. The van der Waals surface area contributed by atoms with Gasteiger partial charge < -0.3 is 20.5 Å². The number of nitrogens with two attached hydrogens (primary N) is 2. The lowest BCUT2D eigenvalue weighted by atomic mass is 10.1. The number of primary sulfonamides is 1. The van der Waals surface area contributed by atoms with Gasteiger partial charge in [-0.15, -0.1) is 0 Å². The van der Waals surface area contributed by atoms with Crippen molar-refractivity contribution in [1.29, 1.82) is 0 Å². The van der Waals surface area contributed by atoms with Crippen LogP contribution in [0.25, 0.3) is 0 Å². The lowest BCUT2D eigenvalue weighted by Gasteiger charge is -2.15. The van der Waals surface area contributed by atoms with Gasteiger partial charge in [-0.2, -0.15) is 11.8 Å². The van der Waals surface area contributed by atoms with Crippen LogP contribution < -0.4 is 31.0 Å². The number of sulfonamides is 1. The van der Waals surface area contributed by atoms with Crippen LogP contribution in [0, 0.1) is 6.92 Å². The lowest BCUT2D eigenvalue weighted by molar-refractivity contribution is -0.119. The zero-order chi connectivity index (χ0) is 26.2. The molecule has 0 heterocycles. The highest BCUT2D eigenvalue weighted by atomic mass is 32.2. The van der Waals surface area contributed by atoms with Crippen molar-refractivity contribution < 1.29 is 27.5 Å². The van der Waals surface area contributed by atoms with Crippen molar-refractivity contribution in [3.8, 4) is 11.5 Å². The molecule has 190 valence electrons. The van der Waals surface area contributed by atoms with Crippen LogP contribution in [-0.4, -0.2) is 58.5 Å². The number of nitrogens with one attached hydrogen (secondary N) is 2. The van der Waals surface area contributed by atoms with E-state index in [0.29, 0.717) is 22.6 Å². The molecule has 2 rings (SSSR count). The van der Waals surface area contributed by atoms with E-state index in [1.165, 1.54) is 44.2 Å². The summed E-state index contributed by atoms with van der Waals surface area (Å²) in [6.45, 7) is 1.71. The Balaban J connectivity index is 2.12. The van der Waals surface area contributed by atoms with Crippen LogP contribution in [0.3, 0.4) is 0 Å². The lowest BCUT2D eigenvalue weighted by Crippen LogP contribution is -2.40. The first kappa shape index (κ1) is 28.0. The summed E-state index contributed by atoms with van der Waals surface area (Å²) in [7, 11) is -0.930. The molecule has 0 saturated carbocycles. The molecule has 11 nitrogen and oxygen atoms in total. The molecule has 0 bridgehead atoms. The number of thioether (sulfide) groups is 1. The maximum atomic E-state index is 12.9. The first-order valence-corrected chi connectivity index (χ1v) is 13.2. The van der Waals surface area contributed by atoms with Gasteiger partial charge in [0, 0.05) is 11.4 Å². The van der Waals surface area contributed by atoms with Crippen molar-refractivity contribution in [2.75, 3.05) is 31.5 Å². The third-order valence-electron chi connectivity index (χ3n) is 4.80. The Morgan fingerprint density at radius 1 is 1.11 bits per heavy atom. The summed E-state index contributed by atoms with van der Waals surface area (Å²) in [5.41, 5.74) is 7.47. The van der Waals surface area contributed by atoms with Crippen LogP contribution in [0.2, 0.25) is 0 Å². The minimum absolute atomic E-state index is 0.00445. The average molecular weight is 524 g/mol. The Kier molecular flexibility index (Phi) is 9.92. The minimum atomic E-state index is -3.94. The smallest absolute Gasteiger partial charge is 0.250 e. The molecule has 2 aromatic rings. The summed E-state index contributed by atoms with van der Waals surface area (Å²) in [6, 6.07) is 8.30. The highest BCUT2D eigenvalue weighted by molar-refractivity contribution is 7.98. The number of carbonyl (C=O) groups is 2. The van der Waals surface area contributed by atoms with E-state index in [9.17, 15) is 18.0 Å². The minimum Gasteiger partial charge on any atom is -0.493 e. The van der Waals surface area contributed by atoms with Crippen molar-refractivity contribution >= 4 is 45.2 Å². The number of carbonyl (C=O) groups excluding carboxylic acids is 2. The molecule has 0 spiro atoms. The predicted molar refractivity (Wildman–Crippen MR) is 136 cm³/mol. The monoisotopic (exact) mass is 523 g/mol. The number of ether oxygens (including phenoxy) is 2. The maximum absolute atomic E-state index is 12.9. The van der Waals surface area contributed by atoms with Gasteiger partial charge in [0.2, 0.25) is 21.8 Å². The van der Waals surface area contributed by atoms with E-state index in [0.717, 1.165) is 0 Å². The van der Waals surface area contributed by atoms with Crippen LogP contribution in [-0.2, 0) is 26.0 Å². The highest BCUT2D eigenvalue weighted by Gasteiger charge is 2.20. The van der Waals surface area contributed by atoms with E-state index in [1.54, 1.807) is 31.4 Å². The summed E-state index contributed by atoms with van der Waals surface area (Å²) >= 11 is 1.35. The number of methoxy groups -OCH3 is 2. The number of benzene rings is 2. The number of aryl methyl sites for hydroxylation is 1. The summed E-state index contributed by atoms with van der Waals surface area (Å²) in [5, 5.41) is 10.3. The molecule has 35 heavy (non-hydrogen) atoms. The largest absolute Gasteiger partial charge is 0.493 e. The molecule has 2 amide bonds. The second-order valence-corrected chi connectivity index (χ2v) is 9.88. The maximum Gasteiger partial charge on any atom is 0.250 e. The van der Waals surface area contributed by atoms with Gasteiger partial charge in [-0.1, -0.05) is 12.1 Å². The van der Waals surface area contributed by atoms with E-state index in [4.69, 9.17) is 20.3 Å². The van der Waals surface area contributed by atoms with E-state index < -0.39 is 27.9 Å². The van der Waals surface area contributed by atoms with Gasteiger partial charge in [-0.05, 0) is 48.6 Å². The Morgan fingerprint density at radius 2 is 1.80 bits per heavy atom. The van der Waals surface area contributed by atoms with Crippen LogP contribution in [0.5, 0.6) is 11.5 Å². The van der Waals surface area contributed by atoms with E-state index in [1.807, 2.05) is 0 Å². The number of amides is 2. The van der Waals surface area contributed by atoms with Gasteiger partial charge in [0.05, 0.1) is 25.5 Å². The molecule has 0 aromatic heterocycles. The van der Waals surface area contributed by atoms with Gasteiger partial charge in [0.25, 0.3) is 0 Å². The third kappa shape index (κ3) is 8.16. The van der Waals surface area contributed by atoms with Gasteiger partial charge in [0.15, 0.2) is 17.5 Å². The van der Waals surface area contributed by atoms with Crippen LogP contribution in [0.15, 0.2) is 46.3 Å². The molecule has 0 fully saturated rings. The number of nitrogens with zero attached hydrogens (tertiary/aromatic N) is 1. The SMILES string of the molecule is COc1ccc(CC(=O)NC(N)=N[C@H](CSC)C(=O)Nc2cc(S(N)(=O)=O)ccc2C)cc1OC. The summed E-state index contributed by atoms with van der Waals surface area (Å²) in [4.78, 5) is 29.3. The number of anilines is 1. The Bertz CT molecular complexity index is 1220. The average Bonchev–Trinajstić information content (AvgIpc) is 2.79. The molecule has 6 N–H and O–H groups in total. The fraction of sp³-hybridized carbons (Fsp3) is 0.318. The fourth-order valence-corrected chi connectivity index (χ4v) is 4.10. The van der Waals surface area contributed by atoms with E-state index in [-0.39, 0.29) is 28.7 Å². The van der Waals surface area contributed by atoms with Crippen molar-refractivity contribution in [3.05, 3.63) is 47.5 Å². The Labute approximate surface area is 208 Å². The molecular weight excluding hydrogens is 494 g/mol. The number of hydrogen-bond acceptors (Lipinski definition) is 8. The summed E-state index contributed by atoms with van der Waals surface area (Å²) in [5.74, 6) is 0.113. The zero-order valence-electron chi connectivity index (χ0n) is 19.8. The first-order valence-electron chi connectivity index (χ1n) is 10.3. The zero-order valence-corrected chi connectivity index (χ0v) is 21.5. The molecule has 0 unspecified atom stereocenters. The summed E-state index contributed by atoms with van der Waals surface area (Å²) in [6.07, 6.45) is 1.78. The normalized spacial score (nSPS) is 12.5.